The predicted molar refractivity (Wildman–Crippen MR) is 187 cm³/mol. The largest absolute Gasteiger partial charge is 0.483 e. The lowest BCUT2D eigenvalue weighted by atomic mass is 10.1. The number of nitrogens with zero attached hydrogens (tertiary/aromatic N) is 4. The number of likely N-dealkylation sites (N-methyl/N-ethyl adjacent to an activating group) is 1. The molecule has 0 bridgehead atoms. The molecule has 1 heterocycles. The fourth-order valence-electron chi connectivity index (χ4n) is 5.24. The number of anilines is 2. The van der Waals surface area contributed by atoms with Crippen LogP contribution < -0.4 is 37.9 Å². The number of amides is 2. The molecule has 19 nitrogen and oxygen atoms in total. The number of hydrogen-bond acceptors (Lipinski definition) is 14. The van der Waals surface area contributed by atoms with Gasteiger partial charge < -0.3 is 47.2 Å². The normalized spacial score (nSPS) is 16.1. The van der Waals surface area contributed by atoms with Gasteiger partial charge in [0.05, 0.1) is 19.6 Å². The monoisotopic (exact) mass is 713 g/mol. The van der Waals surface area contributed by atoms with Crippen molar-refractivity contribution >= 4 is 41.6 Å². The number of carbonyl (C=O) groups excluding carboxylic acids is 2. The second kappa shape index (κ2) is 24.9. The van der Waals surface area contributed by atoms with Gasteiger partial charge in [-0.3, -0.25) is 48.3 Å². The number of hydrogen-bond donors (Lipinski definition) is 8. The minimum absolute atomic E-state index is 0.0345. The molecule has 50 heavy (non-hydrogen) atoms. The molecule has 0 radical (unpaired) electrons. The van der Waals surface area contributed by atoms with Crippen molar-refractivity contribution in [2.24, 2.45) is 5.73 Å². The molecule has 2 rings (SSSR count). The molecule has 1 unspecified atom stereocenters. The van der Waals surface area contributed by atoms with E-state index in [1.165, 1.54) is 0 Å². The summed E-state index contributed by atoms with van der Waals surface area (Å²) in [5.41, 5.74) is 5.11. The molecule has 0 aromatic heterocycles. The van der Waals surface area contributed by atoms with E-state index in [2.05, 4.69) is 33.1 Å². The fraction of sp³-hybridized carbons (Fsp3) is 0.710. The maximum absolute atomic E-state index is 13.0. The Hall–Kier alpha value is -4.17. The molecule has 1 atom stereocenters. The molecule has 0 aliphatic carbocycles. The van der Waals surface area contributed by atoms with Crippen LogP contribution in [0, 0.1) is 0 Å². The van der Waals surface area contributed by atoms with Crippen molar-refractivity contribution in [2.45, 2.75) is 39.2 Å². The first-order valence-corrected chi connectivity index (χ1v) is 16.9. The van der Waals surface area contributed by atoms with E-state index >= 15 is 0 Å². The Balaban J connectivity index is 0.00000401. The van der Waals surface area contributed by atoms with Crippen LogP contribution in [0.4, 0.5) is 11.4 Å². The minimum Gasteiger partial charge on any atom is -0.483 e. The molecule has 0 saturated carbocycles. The number of carbonyl (C=O) groups is 5. The molecule has 0 spiro atoms. The standard InChI is InChI=1S/C30H53N9O8.CH2O2/c1-3-5-6-7-32-26-27(29(46)28(26)45)33-8-9-34-30(47)22(18-31)35-23(40)19-37-12-10-36(4-2)11-13-38(20-24(41)42)16-17-39(15-14-37)21-25(43)44;2-1-3/h22,32-33H,3-21,31H2,1-2H3,(H,34,47)(H,35,40)(H,41,42)(H,43,44);1H,(H,2,3). The van der Waals surface area contributed by atoms with Crippen LogP contribution in [0.5, 0.6) is 0 Å². The van der Waals surface area contributed by atoms with Crippen molar-refractivity contribution in [2.75, 3.05) is 115 Å². The van der Waals surface area contributed by atoms with Crippen LogP contribution in [0.3, 0.4) is 0 Å². The van der Waals surface area contributed by atoms with Gasteiger partial charge in [0.2, 0.25) is 11.8 Å². The third-order valence-electron chi connectivity index (χ3n) is 8.07. The molecule has 284 valence electrons. The van der Waals surface area contributed by atoms with Crippen LogP contribution in [-0.2, 0) is 24.0 Å². The molecule has 1 fully saturated rings. The van der Waals surface area contributed by atoms with E-state index in [4.69, 9.17) is 15.6 Å². The highest BCUT2D eigenvalue weighted by molar-refractivity contribution is 5.88. The summed E-state index contributed by atoms with van der Waals surface area (Å²) in [6, 6.07) is -0.993. The highest BCUT2D eigenvalue weighted by Gasteiger charge is 2.24. The van der Waals surface area contributed by atoms with E-state index in [0.717, 1.165) is 25.8 Å². The quantitative estimate of drug-likeness (QED) is 0.0402. The fourth-order valence-corrected chi connectivity index (χ4v) is 5.24. The molecule has 2 amide bonds. The number of nitrogens with one attached hydrogen (secondary N) is 4. The minimum atomic E-state index is -1.00. The third kappa shape index (κ3) is 17.0. The number of carboxylic acids is 2. The van der Waals surface area contributed by atoms with Gasteiger partial charge in [0.15, 0.2) is 0 Å². The molecule has 1 aliphatic heterocycles. The lowest BCUT2D eigenvalue weighted by molar-refractivity contribution is -0.140. The summed E-state index contributed by atoms with van der Waals surface area (Å²) in [6.07, 6.45) is 2.92. The van der Waals surface area contributed by atoms with Gasteiger partial charge in [-0.25, -0.2) is 0 Å². The van der Waals surface area contributed by atoms with Gasteiger partial charge in [0.1, 0.15) is 17.4 Å². The van der Waals surface area contributed by atoms with Gasteiger partial charge in [-0.05, 0) is 13.0 Å². The van der Waals surface area contributed by atoms with E-state index in [0.29, 0.717) is 58.9 Å². The summed E-state index contributed by atoms with van der Waals surface area (Å²) >= 11 is 0. The Morgan fingerprint density at radius 1 is 0.740 bits per heavy atom. The van der Waals surface area contributed by atoms with Crippen molar-refractivity contribution in [1.82, 2.24) is 30.2 Å². The van der Waals surface area contributed by atoms with Gasteiger partial charge in [0, 0.05) is 78.5 Å². The molecule has 9 N–H and O–H groups in total. The van der Waals surface area contributed by atoms with Gasteiger partial charge in [0.25, 0.3) is 17.3 Å². The van der Waals surface area contributed by atoms with Crippen molar-refractivity contribution in [3.05, 3.63) is 20.4 Å². The van der Waals surface area contributed by atoms with E-state index in [1.807, 2.05) is 11.8 Å². The van der Waals surface area contributed by atoms with E-state index in [-0.39, 0.29) is 57.1 Å². The number of nitrogens with two attached hydrogens (primary N) is 1. The van der Waals surface area contributed by atoms with Crippen LogP contribution in [-0.4, -0.2) is 176 Å². The second-order valence-electron chi connectivity index (χ2n) is 11.8. The molecule has 1 aromatic rings. The van der Waals surface area contributed by atoms with Crippen LogP contribution >= 0.6 is 0 Å². The molecule has 1 aromatic carbocycles. The highest BCUT2D eigenvalue weighted by Crippen LogP contribution is 2.14. The van der Waals surface area contributed by atoms with Crippen molar-refractivity contribution in [3.8, 4) is 0 Å². The summed E-state index contributed by atoms with van der Waals surface area (Å²) in [5, 5.41) is 36.9. The smallest absolute Gasteiger partial charge is 0.317 e. The van der Waals surface area contributed by atoms with Crippen LogP contribution in [0.15, 0.2) is 9.59 Å². The van der Waals surface area contributed by atoms with E-state index in [1.54, 1.807) is 9.80 Å². The van der Waals surface area contributed by atoms with Crippen LogP contribution in [0.25, 0.3) is 0 Å². The molecular formula is C31H55N9O10. The summed E-state index contributed by atoms with van der Waals surface area (Å²) in [7, 11) is 0. The Labute approximate surface area is 291 Å². The summed E-state index contributed by atoms with van der Waals surface area (Å²) in [4.78, 5) is 88.5. The number of aliphatic carboxylic acids is 2. The maximum Gasteiger partial charge on any atom is 0.317 e. The van der Waals surface area contributed by atoms with E-state index in [9.17, 15) is 39.0 Å². The van der Waals surface area contributed by atoms with Crippen LogP contribution in [0.2, 0.25) is 0 Å². The van der Waals surface area contributed by atoms with Gasteiger partial charge in [-0.1, -0.05) is 26.7 Å². The zero-order valence-electron chi connectivity index (χ0n) is 29.2. The zero-order valence-corrected chi connectivity index (χ0v) is 29.2. The third-order valence-corrected chi connectivity index (χ3v) is 8.07. The summed E-state index contributed by atoms with van der Waals surface area (Å²) in [6.45, 7) is 8.65. The van der Waals surface area contributed by atoms with E-state index < -0.39 is 40.7 Å². The molecular weight excluding hydrogens is 658 g/mol. The van der Waals surface area contributed by atoms with Crippen molar-refractivity contribution < 1.29 is 39.3 Å². The Kier molecular flexibility index (Phi) is 21.8. The molecule has 1 saturated heterocycles. The average molecular weight is 714 g/mol. The Morgan fingerprint density at radius 2 is 1.18 bits per heavy atom. The lowest BCUT2D eigenvalue weighted by Crippen LogP contribution is -2.54. The molecule has 1 aliphatic rings. The predicted octanol–water partition coefficient (Wildman–Crippen LogP) is -3.03. The topological polar surface area (TPSA) is 267 Å². The Morgan fingerprint density at radius 3 is 1.60 bits per heavy atom. The average Bonchev–Trinajstić information content (AvgIpc) is 3.07. The van der Waals surface area contributed by atoms with Crippen molar-refractivity contribution in [1.29, 1.82) is 0 Å². The zero-order chi connectivity index (χ0) is 37.5. The number of unbranched alkanes of at least 4 members (excludes halogenated alkanes) is 2. The van der Waals surface area contributed by atoms with Gasteiger partial charge in [-0.15, -0.1) is 0 Å². The first kappa shape index (κ1) is 43.9. The number of carboxylic acid groups (broad SMARTS) is 3. The number of rotatable bonds is 19. The first-order chi connectivity index (χ1) is 23.9. The van der Waals surface area contributed by atoms with Gasteiger partial charge >= 0.3 is 11.9 Å². The molecule has 19 heteroatoms. The highest BCUT2D eigenvalue weighted by atomic mass is 16.4. The SMILES string of the molecule is CCCCCNc1c(NCCNC(=O)C(CN)NC(=O)CN2CCN(CC)CCN(CC(=O)O)CCN(CC(=O)O)CC2)c(=O)c1=O.O=CO. The van der Waals surface area contributed by atoms with Crippen molar-refractivity contribution in [3.63, 3.8) is 0 Å². The summed E-state index contributed by atoms with van der Waals surface area (Å²) < 4.78 is 0. The Bertz CT molecular complexity index is 1270. The van der Waals surface area contributed by atoms with Gasteiger partial charge in [-0.2, -0.15) is 0 Å². The van der Waals surface area contributed by atoms with Crippen LogP contribution in [0.1, 0.15) is 33.1 Å². The lowest BCUT2D eigenvalue weighted by Gasteiger charge is -2.33. The first-order valence-electron chi connectivity index (χ1n) is 16.9. The summed E-state index contributed by atoms with van der Waals surface area (Å²) in [5.74, 6) is -2.85. The maximum atomic E-state index is 13.0. The second-order valence-corrected chi connectivity index (χ2v) is 11.8.